The number of rotatable bonds is 0. The van der Waals surface area contributed by atoms with Crippen LogP contribution in [0, 0.1) is 27.7 Å². The fourth-order valence-electron chi connectivity index (χ4n) is 4.59. The Morgan fingerprint density at radius 3 is 1.19 bits per heavy atom. The van der Waals surface area contributed by atoms with Crippen molar-refractivity contribution in [2.45, 2.75) is 55.4 Å². The Balaban J connectivity index is 2.00. The molecule has 0 amide bonds. The van der Waals surface area contributed by atoms with Crippen molar-refractivity contribution >= 4 is 44.4 Å². The molecule has 32 heavy (non-hydrogen) atoms. The maximum Gasteiger partial charge on any atom is 0.0929 e. The van der Waals surface area contributed by atoms with E-state index in [1.165, 1.54) is 44.5 Å². The predicted molar refractivity (Wildman–Crippen MR) is 136 cm³/mol. The highest BCUT2D eigenvalue weighted by molar-refractivity contribution is 5.98. The molecule has 0 radical (unpaired) electrons. The van der Waals surface area contributed by atoms with Crippen LogP contribution >= 0.6 is 0 Å². The summed E-state index contributed by atoms with van der Waals surface area (Å²) in [6.07, 6.45) is 0. The topological polar surface area (TPSA) is 57.4 Å². The maximum atomic E-state index is 5.06. The predicted octanol–water partition coefficient (Wildman–Crippen LogP) is 7.45. The van der Waals surface area contributed by atoms with E-state index in [4.69, 9.17) is 9.97 Å². The molecule has 0 saturated heterocycles. The third kappa shape index (κ3) is 2.89. The van der Waals surface area contributed by atoms with E-state index in [1.54, 1.807) is 0 Å². The number of nitrogens with zero attached hydrogens (tertiary/aromatic N) is 2. The Bertz CT molecular complexity index is 1420. The van der Waals surface area contributed by atoms with Crippen LogP contribution in [-0.4, -0.2) is 19.9 Å². The van der Waals surface area contributed by atoms with E-state index in [-0.39, 0.29) is 0 Å². The summed E-state index contributed by atoms with van der Waals surface area (Å²) in [6, 6.07) is 8.70. The number of fused-ring (bicyclic) bond motifs is 9. The zero-order valence-corrected chi connectivity index (χ0v) is 20.2. The summed E-state index contributed by atoms with van der Waals surface area (Å²) in [4.78, 5) is 17.3. The number of hydrogen-bond acceptors (Lipinski definition) is 2. The molecular formula is C28H30N4. The second kappa shape index (κ2) is 7.06. The van der Waals surface area contributed by atoms with Gasteiger partial charge in [-0.15, -0.1) is 0 Å². The first-order valence-corrected chi connectivity index (χ1v) is 11.2. The number of aryl methyl sites for hydroxylation is 4. The third-order valence-electron chi connectivity index (χ3n) is 7.55. The van der Waals surface area contributed by atoms with Gasteiger partial charge >= 0.3 is 0 Å². The van der Waals surface area contributed by atoms with Crippen LogP contribution in [0.3, 0.4) is 0 Å². The average Bonchev–Trinajstić information content (AvgIpc) is 3.40. The number of aromatic nitrogens is 4. The highest BCUT2D eigenvalue weighted by atomic mass is 14.8. The molecule has 0 aliphatic carbocycles. The molecule has 5 heterocycles. The van der Waals surface area contributed by atoms with Crippen molar-refractivity contribution in [2.24, 2.45) is 0 Å². The summed E-state index contributed by atoms with van der Waals surface area (Å²) in [7, 11) is 0. The van der Waals surface area contributed by atoms with Gasteiger partial charge in [0.2, 0.25) is 0 Å². The van der Waals surface area contributed by atoms with Gasteiger partial charge in [0.25, 0.3) is 0 Å². The van der Waals surface area contributed by atoms with Crippen molar-refractivity contribution in [3.63, 3.8) is 0 Å². The maximum absolute atomic E-state index is 5.06. The highest BCUT2D eigenvalue weighted by Gasteiger charge is 2.22. The number of aromatic amines is 2. The van der Waals surface area contributed by atoms with E-state index in [9.17, 15) is 0 Å². The van der Waals surface area contributed by atoms with Crippen LogP contribution < -0.4 is 0 Å². The van der Waals surface area contributed by atoms with E-state index in [1.807, 2.05) is 0 Å². The number of hydrogen-bond donors (Lipinski definition) is 2. The summed E-state index contributed by atoms with van der Waals surface area (Å²) in [5, 5.41) is 0. The molecule has 3 aromatic rings. The summed E-state index contributed by atoms with van der Waals surface area (Å²) in [5.41, 5.74) is 18.3. The Morgan fingerprint density at radius 1 is 0.469 bits per heavy atom. The average molecular weight is 423 g/mol. The molecule has 0 unspecified atom stereocenters. The monoisotopic (exact) mass is 422 g/mol. The van der Waals surface area contributed by atoms with E-state index in [0.717, 1.165) is 44.8 Å². The van der Waals surface area contributed by atoms with Gasteiger partial charge in [-0.1, -0.05) is 0 Å². The standard InChI is InChI=1S/C28H30N4/c1-13-15(3)23-11-25-17(5)19(7)27(31-25)28-20(8)18(6)26(32-28)12-24-16(4)14(2)22(30-24)10-9-21(13)29-23/h9-12,29-30H,1-8H3. The van der Waals surface area contributed by atoms with E-state index >= 15 is 0 Å². The van der Waals surface area contributed by atoms with Crippen LogP contribution in [0.25, 0.3) is 44.4 Å². The number of H-pyrrole nitrogens is 2. The van der Waals surface area contributed by atoms with Crippen LogP contribution in [-0.2, 0) is 0 Å². The lowest BCUT2D eigenvalue weighted by molar-refractivity contribution is 1.20. The molecule has 2 aliphatic rings. The van der Waals surface area contributed by atoms with Gasteiger partial charge in [0.05, 0.1) is 22.8 Å². The van der Waals surface area contributed by atoms with Crippen LogP contribution in [0.2, 0.25) is 0 Å². The molecule has 2 aliphatic heterocycles. The Kier molecular flexibility index (Phi) is 4.52. The largest absolute Gasteiger partial charge is 0.355 e. The fourth-order valence-corrected chi connectivity index (χ4v) is 4.59. The van der Waals surface area contributed by atoms with Gasteiger partial charge in [0, 0.05) is 22.1 Å². The van der Waals surface area contributed by atoms with Crippen LogP contribution in [0.4, 0.5) is 0 Å². The minimum atomic E-state index is 0.988. The van der Waals surface area contributed by atoms with Gasteiger partial charge in [0.1, 0.15) is 0 Å². The van der Waals surface area contributed by atoms with Gasteiger partial charge in [-0.05, 0) is 124 Å². The van der Waals surface area contributed by atoms with E-state index < -0.39 is 0 Å². The van der Waals surface area contributed by atoms with Crippen LogP contribution in [0.1, 0.15) is 72.7 Å². The third-order valence-corrected chi connectivity index (χ3v) is 7.55. The summed E-state index contributed by atoms with van der Waals surface area (Å²) >= 11 is 0. The Labute approximate surface area is 189 Å². The van der Waals surface area contributed by atoms with E-state index in [2.05, 4.69) is 89.6 Å². The molecule has 0 saturated carbocycles. The van der Waals surface area contributed by atoms with Crippen molar-refractivity contribution in [1.29, 1.82) is 0 Å². The highest BCUT2D eigenvalue weighted by Crippen LogP contribution is 2.37. The van der Waals surface area contributed by atoms with Gasteiger partial charge in [-0.3, -0.25) is 0 Å². The second-order valence-electron chi connectivity index (χ2n) is 9.22. The van der Waals surface area contributed by atoms with Crippen molar-refractivity contribution in [1.82, 2.24) is 19.9 Å². The zero-order chi connectivity index (χ0) is 22.9. The molecular weight excluding hydrogens is 392 g/mol. The van der Waals surface area contributed by atoms with Gasteiger partial charge in [-0.2, -0.15) is 0 Å². The molecule has 0 spiro atoms. The lowest BCUT2D eigenvalue weighted by Crippen LogP contribution is -1.88. The zero-order valence-electron chi connectivity index (χ0n) is 20.2. The molecule has 0 atom stereocenters. The fraction of sp³-hybridized carbons (Fsp3) is 0.286. The van der Waals surface area contributed by atoms with Crippen molar-refractivity contribution in [2.75, 3.05) is 0 Å². The molecule has 5 rings (SSSR count). The smallest absolute Gasteiger partial charge is 0.0929 e. The van der Waals surface area contributed by atoms with Crippen LogP contribution in [0.15, 0.2) is 24.3 Å². The lowest BCUT2D eigenvalue weighted by atomic mass is 10.0. The molecule has 162 valence electrons. The van der Waals surface area contributed by atoms with Crippen molar-refractivity contribution < 1.29 is 0 Å². The summed E-state index contributed by atoms with van der Waals surface area (Å²) in [6.45, 7) is 17.3. The van der Waals surface area contributed by atoms with Gasteiger partial charge in [0.15, 0.2) is 0 Å². The molecule has 4 nitrogen and oxygen atoms in total. The Hall–Kier alpha value is -3.40. The quantitative estimate of drug-likeness (QED) is 0.395. The Morgan fingerprint density at radius 2 is 0.812 bits per heavy atom. The number of allylic oxidation sites excluding steroid dienone is 4. The van der Waals surface area contributed by atoms with E-state index in [0.29, 0.717) is 0 Å². The van der Waals surface area contributed by atoms with Gasteiger partial charge in [-0.25, -0.2) is 9.97 Å². The van der Waals surface area contributed by atoms with Crippen molar-refractivity contribution in [3.8, 4) is 0 Å². The molecule has 0 fully saturated rings. The first-order chi connectivity index (χ1) is 15.2. The van der Waals surface area contributed by atoms with Crippen molar-refractivity contribution in [3.05, 3.63) is 69.3 Å². The molecule has 4 heteroatoms. The first-order valence-electron chi connectivity index (χ1n) is 11.2. The number of nitrogens with one attached hydrogen (secondary N) is 2. The molecule has 8 bridgehead atoms. The first kappa shape index (κ1) is 20.5. The minimum Gasteiger partial charge on any atom is -0.355 e. The SMILES string of the molecule is CC1=C(C)c2nc1cc1[nH]c(ccc3[nH]c(cc4nc2C(C)=C4C)c(C)c3C)c(C)c1C. The van der Waals surface area contributed by atoms with Crippen LogP contribution in [0.5, 0.6) is 0 Å². The lowest BCUT2D eigenvalue weighted by Gasteiger charge is -2.00. The van der Waals surface area contributed by atoms with Gasteiger partial charge < -0.3 is 9.97 Å². The summed E-state index contributed by atoms with van der Waals surface area (Å²) in [5.74, 6) is 0. The molecule has 2 N–H and O–H groups in total. The minimum absolute atomic E-state index is 0.988. The second-order valence-corrected chi connectivity index (χ2v) is 9.22. The summed E-state index contributed by atoms with van der Waals surface area (Å²) < 4.78 is 0. The normalized spacial score (nSPS) is 14.0. The molecule has 0 aromatic carbocycles. The molecule has 3 aromatic heterocycles.